The maximum Gasteiger partial charge on any atom is 0.0381 e. The second-order valence-electron chi connectivity index (χ2n) is 2.76. The van der Waals surface area contributed by atoms with Crippen molar-refractivity contribution in [3.63, 3.8) is 0 Å². The molecule has 0 saturated carbocycles. The standard InChI is InChI=1S/C7H12N2/c1-2-7-5-8-4-3-6(1)9-7/h1-2,6-9H,3-5H2. The molecule has 0 spiro atoms. The van der Waals surface area contributed by atoms with Crippen LogP contribution in [0.25, 0.3) is 0 Å². The van der Waals surface area contributed by atoms with Crippen molar-refractivity contribution in [1.29, 1.82) is 0 Å². The summed E-state index contributed by atoms with van der Waals surface area (Å²) in [5.74, 6) is 0. The topological polar surface area (TPSA) is 24.1 Å². The molecule has 50 valence electrons. The number of fused-ring (bicyclic) bond motifs is 2. The van der Waals surface area contributed by atoms with Crippen LogP contribution in [0, 0.1) is 0 Å². The molecule has 0 aliphatic carbocycles. The van der Waals surface area contributed by atoms with E-state index in [4.69, 9.17) is 0 Å². The van der Waals surface area contributed by atoms with Crippen molar-refractivity contribution < 1.29 is 0 Å². The van der Waals surface area contributed by atoms with E-state index >= 15 is 0 Å². The van der Waals surface area contributed by atoms with Gasteiger partial charge >= 0.3 is 0 Å². The average Bonchev–Trinajstić information content (AvgIpc) is 2.09. The minimum Gasteiger partial charge on any atom is -0.315 e. The second-order valence-corrected chi connectivity index (χ2v) is 2.76. The molecule has 2 aliphatic heterocycles. The molecule has 2 heterocycles. The van der Waals surface area contributed by atoms with Crippen LogP contribution >= 0.6 is 0 Å². The molecule has 2 unspecified atom stereocenters. The van der Waals surface area contributed by atoms with Crippen molar-refractivity contribution in [3.05, 3.63) is 12.2 Å². The third-order valence-corrected chi connectivity index (χ3v) is 2.00. The third-order valence-electron chi connectivity index (χ3n) is 2.00. The summed E-state index contributed by atoms with van der Waals surface area (Å²) < 4.78 is 0. The maximum atomic E-state index is 3.48. The van der Waals surface area contributed by atoms with E-state index in [1.807, 2.05) is 0 Å². The summed E-state index contributed by atoms with van der Waals surface area (Å²) >= 11 is 0. The Kier molecular flexibility index (Phi) is 1.28. The summed E-state index contributed by atoms with van der Waals surface area (Å²) in [7, 11) is 0. The van der Waals surface area contributed by atoms with Crippen LogP contribution < -0.4 is 10.6 Å². The Morgan fingerprint density at radius 2 is 2.11 bits per heavy atom. The molecule has 0 aromatic rings. The van der Waals surface area contributed by atoms with Crippen molar-refractivity contribution in [2.75, 3.05) is 13.1 Å². The van der Waals surface area contributed by atoms with E-state index in [0.717, 1.165) is 6.54 Å². The SMILES string of the molecule is C1=CC2CNCCC1N2. The van der Waals surface area contributed by atoms with Gasteiger partial charge in [-0.1, -0.05) is 12.2 Å². The molecule has 2 atom stereocenters. The van der Waals surface area contributed by atoms with Gasteiger partial charge < -0.3 is 10.6 Å². The Hall–Kier alpha value is -0.340. The summed E-state index contributed by atoms with van der Waals surface area (Å²) in [5, 5.41) is 6.84. The molecule has 0 radical (unpaired) electrons. The zero-order valence-electron chi connectivity index (χ0n) is 5.43. The van der Waals surface area contributed by atoms with Crippen LogP contribution in [0.3, 0.4) is 0 Å². The minimum atomic E-state index is 0.609. The van der Waals surface area contributed by atoms with Crippen LogP contribution in [0.4, 0.5) is 0 Å². The Labute approximate surface area is 55.3 Å². The summed E-state index contributed by atoms with van der Waals surface area (Å²) in [6.45, 7) is 2.27. The Morgan fingerprint density at radius 3 is 3.11 bits per heavy atom. The number of nitrogens with one attached hydrogen (secondary N) is 2. The summed E-state index contributed by atoms with van der Waals surface area (Å²) in [6, 6.07) is 1.27. The molecular formula is C7H12N2. The van der Waals surface area contributed by atoms with Crippen LogP contribution in [0.1, 0.15) is 6.42 Å². The normalized spacial score (nSPS) is 40.9. The van der Waals surface area contributed by atoms with Gasteiger partial charge in [-0.2, -0.15) is 0 Å². The highest BCUT2D eigenvalue weighted by atomic mass is 15.0. The van der Waals surface area contributed by atoms with E-state index in [2.05, 4.69) is 22.8 Å². The minimum absolute atomic E-state index is 0.609. The molecule has 1 saturated heterocycles. The van der Waals surface area contributed by atoms with Crippen LogP contribution in [0.2, 0.25) is 0 Å². The third kappa shape index (κ3) is 1.00. The van der Waals surface area contributed by atoms with E-state index in [1.54, 1.807) is 0 Å². The number of hydrogen-bond donors (Lipinski definition) is 2. The Morgan fingerprint density at radius 1 is 1.22 bits per heavy atom. The maximum absolute atomic E-state index is 3.48. The van der Waals surface area contributed by atoms with Gasteiger partial charge in [-0.25, -0.2) is 0 Å². The van der Waals surface area contributed by atoms with E-state index in [9.17, 15) is 0 Å². The van der Waals surface area contributed by atoms with Gasteiger partial charge in [0.25, 0.3) is 0 Å². The Bertz CT molecular complexity index is 117. The van der Waals surface area contributed by atoms with Crippen molar-refractivity contribution in [2.24, 2.45) is 0 Å². The van der Waals surface area contributed by atoms with Gasteiger partial charge in [-0.05, 0) is 13.0 Å². The highest BCUT2D eigenvalue weighted by Gasteiger charge is 2.19. The van der Waals surface area contributed by atoms with Crippen LogP contribution in [0.15, 0.2) is 12.2 Å². The lowest BCUT2D eigenvalue weighted by Gasteiger charge is -2.06. The molecule has 0 aromatic carbocycles. The van der Waals surface area contributed by atoms with Crippen LogP contribution in [-0.2, 0) is 0 Å². The van der Waals surface area contributed by atoms with Gasteiger partial charge in [0, 0.05) is 18.6 Å². The molecule has 2 nitrogen and oxygen atoms in total. The zero-order valence-corrected chi connectivity index (χ0v) is 5.43. The molecule has 9 heavy (non-hydrogen) atoms. The summed E-state index contributed by atoms with van der Waals surface area (Å²) in [5.41, 5.74) is 0. The van der Waals surface area contributed by atoms with Gasteiger partial charge in [-0.15, -0.1) is 0 Å². The fourth-order valence-electron chi connectivity index (χ4n) is 1.48. The quantitative estimate of drug-likeness (QED) is 0.440. The average molecular weight is 124 g/mol. The van der Waals surface area contributed by atoms with Crippen molar-refractivity contribution >= 4 is 0 Å². The van der Waals surface area contributed by atoms with Crippen molar-refractivity contribution in [3.8, 4) is 0 Å². The predicted octanol–water partition coefficient (Wildman–Crippen LogP) is -0.124. The van der Waals surface area contributed by atoms with E-state index < -0.39 is 0 Å². The lowest BCUT2D eigenvalue weighted by Crippen LogP contribution is -2.32. The molecule has 2 rings (SSSR count). The first-order valence-corrected chi connectivity index (χ1v) is 3.60. The summed E-state index contributed by atoms with van der Waals surface area (Å²) in [4.78, 5) is 0. The van der Waals surface area contributed by atoms with Crippen LogP contribution in [0.5, 0.6) is 0 Å². The number of rotatable bonds is 0. The van der Waals surface area contributed by atoms with E-state index in [0.29, 0.717) is 12.1 Å². The smallest absolute Gasteiger partial charge is 0.0381 e. The largest absolute Gasteiger partial charge is 0.315 e. The fourth-order valence-corrected chi connectivity index (χ4v) is 1.48. The monoisotopic (exact) mass is 124 g/mol. The summed E-state index contributed by atoms with van der Waals surface area (Å²) in [6.07, 6.45) is 5.79. The lowest BCUT2D eigenvalue weighted by atomic mass is 10.2. The lowest BCUT2D eigenvalue weighted by molar-refractivity contribution is 0.594. The van der Waals surface area contributed by atoms with Gasteiger partial charge in [0.2, 0.25) is 0 Å². The molecule has 2 heteroatoms. The van der Waals surface area contributed by atoms with Gasteiger partial charge in [-0.3, -0.25) is 0 Å². The molecule has 0 aromatic heterocycles. The van der Waals surface area contributed by atoms with Gasteiger partial charge in [0.15, 0.2) is 0 Å². The fraction of sp³-hybridized carbons (Fsp3) is 0.714. The molecule has 2 aliphatic rings. The number of hydrogen-bond acceptors (Lipinski definition) is 2. The molecule has 1 fully saturated rings. The van der Waals surface area contributed by atoms with Crippen molar-refractivity contribution in [2.45, 2.75) is 18.5 Å². The van der Waals surface area contributed by atoms with Gasteiger partial charge in [0.1, 0.15) is 0 Å². The first kappa shape index (κ1) is 5.45. The highest BCUT2D eigenvalue weighted by molar-refractivity contribution is 5.10. The second kappa shape index (κ2) is 2.12. The molecule has 0 amide bonds. The van der Waals surface area contributed by atoms with Crippen molar-refractivity contribution in [1.82, 2.24) is 10.6 Å². The molecular weight excluding hydrogens is 112 g/mol. The predicted molar refractivity (Wildman–Crippen MR) is 37.3 cm³/mol. The molecule has 2 bridgehead atoms. The first-order chi connectivity index (χ1) is 4.45. The highest BCUT2D eigenvalue weighted by Crippen LogP contribution is 2.07. The first-order valence-electron chi connectivity index (χ1n) is 3.60. The zero-order chi connectivity index (χ0) is 6.10. The van der Waals surface area contributed by atoms with Gasteiger partial charge in [0.05, 0.1) is 0 Å². The Balaban J connectivity index is 2.08. The van der Waals surface area contributed by atoms with Crippen LogP contribution in [-0.4, -0.2) is 25.2 Å². The van der Waals surface area contributed by atoms with E-state index in [-0.39, 0.29) is 0 Å². The molecule has 2 N–H and O–H groups in total. The van der Waals surface area contributed by atoms with E-state index in [1.165, 1.54) is 13.0 Å².